The molecule has 0 bridgehead atoms. The van der Waals surface area contributed by atoms with Crippen LogP contribution in [0.15, 0.2) is 24.3 Å². The molecule has 0 spiro atoms. The molecule has 0 saturated heterocycles. The Hall–Kier alpha value is -0.820. The average molecular weight is 204 g/mol. The minimum absolute atomic E-state index is 0.119. The van der Waals surface area contributed by atoms with E-state index >= 15 is 0 Å². The largest absolute Gasteiger partial charge is 0.392 e. The quantitative estimate of drug-likeness (QED) is 0.784. The van der Waals surface area contributed by atoms with Crippen molar-refractivity contribution in [3.63, 3.8) is 0 Å². The van der Waals surface area contributed by atoms with Gasteiger partial charge in [-0.1, -0.05) is 44.0 Å². The van der Waals surface area contributed by atoms with Gasteiger partial charge in [-0.05, 0) is 30.4 Å². The first kappa shape index (κ1) is 10.7. The summed E-state index contributed by atoms with van der Waals surface area (Å²) < 4.78 is 0. The second kappa shape index (κ2) is 4.80. The van der Waals surface area contributed by atoms with E-state index in [1.807, 2.05) is 0 Å². The Morgan fingerprint density at radius 1 is 1.13 bits per heavy atom. The normalized spacial score (nSPS) is 26.5. The molecule has 1 aliphatic rings. The summed E-state index contributed by atoms with van der Waals surface area (Å²) in [5.74, 6) is 0.379. The number of aliphatic hydroxyl groups is 1. The molecule has 0 aliphatic heterocycles. The summed E-state index contributed by atoms with van der Waals surface area (Å²) in [6.07, 6.45) is 5.54. The van der Waals surface area contributed by atoms with Crippen molar-refractivity contribution in [3.8, 4) is 0 Å². The second-order valence-electron chi connectivity index (χ2n) is 4.55. The lowest BCUT2D eigenvalue weighted by atomic mass is 9.81. The summed E-state index contributed by atoms with van der Waals surface area (Å²) >= 11 is 0. The van der Waals surface area contributed by atoms with Crippen LogP contribution in [0.25, 0.3) is 0 Å². The lowest BCUT2D eigenvalue weighted by Gasteiger charge is -2.28. The van der Waals surface area contributed by atoms with Gasteiger partial charge >= 0.3 is 0 Å². The molecular weight excluding hydrogens is 184 g/mol. The lowest BCUT2D eigenvalue weighted by Crippen LogP contribution is -2.22. The fourth-order valence-corrected chi connectivity index (χ4v) is 2.50. The van der Waals surface area contributed by atoms with Gasteiger partial charge < -0.3 is 5.11 Å². The molecule has 15 heavy (non-hydrogen) atoms. The summed E-state index contributed by atoms with van der Waals surface area (Å²) in [6.45, 7) is 2.17. The molecule has 0 heterocycles. The van der Waals surface area contributed by atoms with E-state index in [0.29, 0.717) is 5.92 Å². The third-order valence-corrected chi connectivity index (χ3v) is 3.55. The molecule has 1 heteroatoms. The highest BCUT2D eigenvalue weighted by molar-refractivity contribution is 5.26. The van der Waals surface area contributed by atoms with Gasteiger partial charge in [0.05, 0.1) is 6.10 Å². The van der Waals surface area contributed by atoms with Crippen LogP contribution in [0.3, 0.4) is 0 Å². The fourth-order valence-electron chi connectivity index (χ4n) is 2.50. The summed E-state index contributed by atoms with van der Waals surface area (Å²) in [4.78, 5) is 0. The van der Waals surface area contributed by atoms with Crippen LogP contribution in [0, 0.1) is 0 Å². The first-order valence-electron chi connectivity index (χ1n) is 6.08. The van der Waals surface area contributed by atoms with Crippen molar-refractivity contribution in [3.05, 3.63) is 35.4 Å². The second-order valence-corrected chi connectivity index (χ2v) is 4.55. The number of hydrogen-bond acceptors (Lipinski definition) is 1. The summed E-state index contributed by atoms with van der Waals surface area (Å²) in [5.41, 5.74) is 2.70. The van der Waals surface area contributed by atoms with E-state index in [2.05, 4.69) is 31.2 Å². The smallest absolute Gasteiger partial charge is 0.0608 e. The van der Waals surface area contributed by atoms with Gasteiger partial charge in [0.25, 0.3) is 0 Å². The van der Waals surface area contributed by atoms with Crippen molar-refractivity contribution in [2.24, 2.45) is 0 Å². The maximum absolute atomic E-state index is 9.95. The minimum Gasteiger partial charge on any atom is -0.392 e. The van der Waals surface area contributed by atoms with Crippen molar-refractivity contribution >= 4 is 0 Å². The predicted molar refractivity (Wildman–Crippen MR) is 63.0 cm³/mol. The van der Waals surface area contributed by atoms with Crippen LogP contribution in [0.4, 0.5) is 0 Å². The van der Waals surface area contributed by atoms with Crippen molar-refractivity contribution in [1.82, 2.24) is 0 Å². The van der Waals surface area contributed by atoms with E-state index in [9.17, 15) is 5.11 Å². The third-order valence-electron chi connectivity index (χ3n) is 3.55. The van der Waals surface area contributed by atoms with Gasteiger partial charge in [0, 0.05) is 5.92 Å². The minimum atomic E-state index is -0.119. The molecule has 0 amide bonds. The first-order valence-corrected chi connectivity index (χ1v) is 6.08. The monoisotopic (exact) mass is 204 g/mol. The fraction of sp³-hybridized carbons (Fsp3) is 0.571. The molecule has 1 nitrogen and oxygen atoms in total. The standard InChI is InChI=1S/C14H20O/c1-2-11-7-9-12(10-8-11)13-5-3-4-6-14(13)15/h7-10,13-15H,2-6H2,1H3. The summed E-state index contributed by atoms with van der Waals surface area (Å²) in [6, 6.07) is 8.77. The van der Waals surface area contributed by atoms with E-state index in [4.69, 9.17) is 0 Å². The molecule has 2 atom stereocenters. The first-order chi connectivity index (χ1) is 7.31. The molecule has 1 fully saturated rings. The van der Waals surface area contributed by atoms with E-state index < -0.39 is 0 Å². The lowest BCUT2D eigenvalue weighted by molar-refractivity contribution is 0.106. The highest BCUT2D eigenvalue weighted by Gasteiger charge is 2.24. The van der Waals surface area contributed by atoms with Gasteiger partial charge in [-0.15, -0.1) is 0 Å². The van der Waals surface area contributed by atoms with Crippen molar-refractivity contribution in [2.75, 3.05) is 0 Å². The van der Waals surface area contributed by atoms with Crippen molar-refractivity contribution < 1.29 is 5.11 Å². The van der Waals surface area contributed by atoms with Crippen LogP contribution < -0.4 is 0 Å². The molecule has 1 saturated carbocycles. The average Bonchev–Trinajstić information content (AvgIpc) is 2.30. The molecule has 0 aromatic heterocycles. The Morgan fingerprint density at radius 3 is 2.40 bits per heavy atom. The highest BCUT2D eigenvalue weighted by atomic mass is 16.3. The van der Waals surface area contributed by atoms with E-state index in [1.54, 1.807) is 0 Å². The van der Waals surface area contributed by atoms with Crippen LogP contribution in [0.1, 0.15) is 49.7 Å². The van der Waals surface area contributed by atoms with Crippen LogP contribution in [-0.2, 0) is 6.42 Å². The molecule has 2 rings (SSSR count). The maximum atomic E-state index is 9.95. The Morgan fingerprint density at radius 2 is 1.80 bits per heavy atom. The zero-order valence-corrected chi connectivity index (χ0v) is 9.45. The Balaban J connectivity index is 2.13. The number of hydrogen-bond donors (Lipinski definition) is 1. The van der Waals surface area contributed by atoms with E-state index in [-0.39, 0.29) is 6.10 Å². The van der Waals surface area contributed by atoms with Crippen LogP contribution >= 0.6 is 0 Å². The number of aryl methyl sites for hydroxylation is 1. The Labute approximate surface area is 92.1 Å². The molecule has 1 aromatic carbocycles. The van der Waals surface area contributed by atoms with Gasteiger partial charge in [0.15, 0.2) is 0 Å². The number of rotatable bonds is 2. The molecule has 1 aromatic rings. The summed E-state index contributed by atoms with van der Waals surface area (Å²) in [5, 5.41) is 9.95. The molecule has 2 unspecified atom stereocenters. The van der Waals surface area contributed by atoms with Crippen LogP contribution in [-0.4, -0.2) is 11.2 Å². The van der Waals surface area contributed by atoms with Gasteiger partial charge in [0.2, 0.25) is 0 Å². The topological polar surface area (TPSA) is 20.2 Å². The molecule has 1 N–H and O–H groups in total. The number of aliphatic hydroxyl groups excluding tert-OH is 1. The molecule has 0 radical (unpaired) electrons. The van der Waals surface area contributed by atoms with E-state index in [1.165, 1.54) is 24.0 Å². The highest BCUT2D eigenvalue weighted by Crippen LogP contribution is 2.32. The van der Waals surface area contributed by atoms with Gasteiger partial charge in [0.1, 0.15) is 0 Å². The molecule has 82 valence electrons. The zero-order valence-electron chi connectivity index (χ0n) is 9.45. The SMILES string of the molecule is CCc1ccc(C2CCCCC2O)cc1. The summed E-state index contributed by atoms with van der Waals surface area (Å²) in [7, 11) is 0. The molecular formula is C14H20O. The molecule has 1 aliphatic carbocycles. The third kappa shape index (κ3) is 2.40. The van der Waals surface area contributed by atoms with Gasteiger partial charge in [-0.25, -0.2) is 0 Å². The van der Waals surface area contributed by atoms with Crippen molar-refractivity contribution in [1.29, 1.82) is 0 Å². The van der Waals surface area contributed by atoms with Gasteiger partial charge in [-0.3, -0.25) is 0 Å². The Kier molecular flexibility index (Phi) is 3.42. The zero-order chi connectivity index (χ0) is 10.7. The Bertz CT molecular complexity index is 302. The van der Waals surface area contributed by atoms with Crippen LogP contribution in [0.5, 0.6) is 0 Å². The van der Waals surface area contributed by atoms with E-state index in [0.717, 1.165) is 19.3 Å². The van der Waals surface area contributed by atoms with Gasteiger partial charge in [-0.2, -0.15) is 0 Å². The van der Waals surface area contributed by atoms with Crippen molar-refractivity contribution in [2.45, 2.75) is 51.0 Å². The number of benzene rings is 1. The predicted octanol–water partition coefficient (Wildman–Crippen LogP) is 3.27. The maximum Gasteiger partial charge on any atom is 0.0608 e. The van der Waals surface area contributed by atoms with Crippen LogP contribution in [0.2, 0.25) is 0 Å².